The highest BCUT2D eigenvalue weighted by molar-refractivity contribution is 5.51. The van der Waals surface area contributed by atoms with E-state index in [2.05, 4.69) is 34.5 Å². The Morgan fingerprint density at radius 2 is 1.95 bits per heavy atom. The van der Waals surface area contributed by atoms with Gasteiger partial charge in [-0.25, -0.2) is 0 Å². The number of anilines is 1. The van der Waals surface area contributed by atoms with Crippen LogP contribution >= 0.6 is 0 Å². The fraction of sp³-hybridized carbons (Fsp3) is 0.625. The molecule has 1 heterocycles. The summed E-state index contributed by atoms with van der Waals surface area (Å²) in [5.74, 6) is 0. The molecular weight excluding hydrogens is 236 g/mol. The second-order valence-electron chi connectivity index (χ2n) is 5.12. The lowest BCUT2D eigenvalue weighted by Gasteiger charge is -2.27. The normalized spacial score (nSPS) is 16.5. The number of nitrogens with one attached hydrogen (secondary N) is 1. The Hall–Kier alpha value is -1.06. The molecule has 106 valence electrons. The third-order valence-electron chi connectivity index (χ3n) is 3.63. The standard InChI is InChI=1S/C16H26N2O/c1-2-19-13-10-17-16-9-5-4-8-15(16)14-18-11-6-3-7-12-18/h4-5,8-9,17H,2-3,6-7,10-14H2,1H3. The average molecular weight is 262 g/mol. The molecule has 1 fully saturated rings. The third kappa shape index (κ3) is 4.84. The Labute approximate surface area is 116 Å². The van der Waals surface area contributed by atoms with E-state index in [1.807, 2.05) is 6.92 Å². The van der Waals surface area contributed by atoms with Crippen LogP contribution in [0.25, 0.3) is 0 Å². The van der Waals surface area contributed by atoms with Gasteiger partial charge < -0.3 is 10.1 Å². The summed E-state index contributed by atoms with van der Waals surface area (Å²) in [6, 6.07) is 8.64. The zero-order valence-electron chi connectivity index (χ0n) is 12.0. The predicted octanol–water partition coefficient (Wildman–Crippen LogP) is 3.12. The van der Waals surface area contributed by atoms with Gasteiger partial charge in [-0.05, 0) is 44.5 Å². The van der Waals surface area contributed by atoms with Crippen LogP contribution in [0.5, 0.6) is 0 Å². The number of ether oxygens (including phenoxy) is 1. The monoisotopic (exact) mass is 262 g/mol. The number of piperidine rings is 1. The Morgan fingerprint density at radius 3 is 2.74 bits per heavy atom. The van der Waals surface area contributed by atoms with Crippen LogP contribution in [0.4, 0.5) is 5.69 Å². The van der Waals surface area contributed by atoms with Crippen LogP contribution in [0.2, 0.25) is 0 Å². The van der Waals surface area contributed by atoms with Crippen LogP contribution in [-0.4, -0.2) is 37.7 Å². The highest BCUT2D eigenvalue weighted by atomic mass is 16.5. The quantitative estimate of drug-likeness (QED) is 0.764. The maximum absolute atomic E-state index is 5.37. The average Bonchev–Trinajstić information content (AvgIpc) is 2.46. The Balaban J connectivity index is 1.87. The summed E-state index contributed by atoms with van der Waals surface area (Å²) in [6.45, 7) is 8.03. The van der Waals surface area contributed by atoms with Crippen LogP contribution in [0.3, 0.4) is 0 Å². The Morgan fingerprint density at radius 1 is 1.16 bits per heavy atom. The van der Waals surface area contributed by atoms with Gasteiger partial charge in [0.2, 0.25) is 0 Å². The van der Waals surface area contributed by atoms with Crippen LogP contribution in [0.1, 0.15) is 31.7 Å². The van der Waals surface area contributed by atoms with Gasteiger partial charge in [0.05, 0.1) is 6.61 Å². The molecule has 0 aromatic heterocycles. The summed E-state index contributed by atoms with van der Waals surface area (Å²) in [5, 5.41) is 3.49. The first-order chi connectivity index (χ1) is 9.40. The molecule has 0 radical (unpaired) electrons. The molecule has 0 spiro atoms. The molecule has 1 saturated heterocycles. The van der Waals surface area contributed by atoms with Gasteiger partial charge in [0.1, 0.15) is 0 Å². The molecule has 1 N–H and O–H groups in total. The van der Waals surface area contributed by atoms with Crippen molar-refractivity contribution in [3.63, 3.8) is 0 Å². The molecule has 0 aliphatic carbocycles. The Kier molecular flexibility index (Phi) is 6.18. The molecule has 0 saturated carbocycles. The van der Waals surface area contributed by atoms with E-state index in [0.29, 0.717) is 0 Å². The Bertz CT molecular complexity index is 362. The number of hydrogen-bond donors (Lipinski definition) is 1. The third-order valence-corrected chi connectivity index (χ3v) is 3.63. The molecule has 0 unspecified atom stereocenters. The number of nitrogens with zero attached hydrogens (tertiary/aromatic N) is 1. The minimum absolute atomic E-state index is 0.772. The molecule has 2 rings (SSSR count). The summed E-state index contributed by atoms with van der Waals surface area (Å²) in [6.07, 6.45) is 4.09. The number of hydrogen-bond acceptors (Lipinski definition) is 3. The molecule has 1 aromatic carbocycles. The summed E-state index contributed by atoms with van der Waals surface area (Å²) in [4.78, 5) is 2.56. The first-order valence-electron chi connectivity index (χ1n) is 7.52. The van der Waals surface area contributed by atoms with Gasteiger partial charge in [-0.15, -0.1) is 0 Å². The molecule has 1 aliphatic heterocycles. The first-order valence-corrected chi connectivity index (χ1v) is 7.52. The highest BCUT2D eigenvalue weighted by Crippen LogP contribution is 2.19. The minimum atomic E-state index is 0.772. The molecular formula is C16H26N2O. The maximum atomic E-state index is 5.37. The van der Waals surface area contributed by atoms with E-state index >= 15 is 0 Å². The van der Waals surface area contributed by atoms with Gasteiger partial charge in [0, 0.05) is 25.4 Å². The van der Waals surface area contributed by atoms with Gasteiger partial charge in [-0.3, -0.25) is 4.90 Å². The summed E-state index contributed by atoms with van der Waals surface area (Å²) in [5.41, 5.74) is 2.66. The van der Waals surface area contributed by atoms with Crippen LogP contribution in [0, 0.1) is 0 Å². The van der Waals surface area contributed by atoms with Crippen LogP contribution in [-0.2, 0) is 11.3 Å². The van der Waals surface area contributed by atoms with Gasteiger partial charge in [-0.2, -0.15) is 0 Å². The van der Waals surface area contributed by atoms with Crippen molar-refractivity contribution in [2.24, 2.45) is 0 Å². The molecule has 1 aromatic rings. The zero-order chi connectivity index (χ0) is 13.3. The van der Waals surface area contributed by atoms with Gasteiger partial charge >= 0.3 is 0 Å². The fourth-order valence-corrected chi connectivity index (χ4v) is 2.59. The van der Waals surface area contributed by atoms with E-state index in [-0.39, 0.29) is 0 Å². The lowest BCUT2D eigenvalue weighted by molar-refractivity contribution is 0.158. The van der Waals surface area contributed by atoms with Gasteiger partial charge in [0.15, 0.2) is 0 Å². The first kappa shape index (κ1) is 14.4. The van der Waals surface area contributed by atoms with Gasteiger partial charge in [-0.1, -0.05) is 24.6 Å². The van der Waals surface area contributed by atoms with E-state index in [1.54, 1.807) is 0 Å². The van der Waals surface area contributed by atoms with E-state index in [9.17, 15) is 0 Å². The minimum Gasteiger partial charge on any atom is -0.382 e. The largest absolute Gasteiger partial charge is 0.382 e. The van der Waals surface area contributed by atoms with Crippen LogP contribution in [0.15, 0.2) is 24.3 Å². The molecule has 19 heavy (non-hydrogen) atoms. The van der Waals surface area contributed by atoms with Crippen molar-refractivity contribution in [1.82, 2.24) is 4.90 Å². The van der Waals surface area contributed by atoms with E-state index in [1.165, 1.54) is 43.6 Å². The number of rotatable bonds is 7. The number of likely N-dealkylation sites (tertiary alicyclic amines) is 1. The van der Waals surface area contributed by atoms with Crippen molar-refractivity contribution in [1.29, 1.82) is 0 Å². The van der Waals surface area contributed by atoms with Crippen molar-refractivity contribution < 1.29 is 4.74 Å². The summed E-state index contributed by atoms with van der Waals surface area (Å²) < 4.78 is 5.37. The summed E-state index contributed by atoms with van der Waals surface area (Å²) in [7, 11) is 0. The molecule has 0 bridgehead atoms. The van der Waals surface area contributed by atoms with Crippen molar-refractivity contribution in [2.45, 2.75) is 32.7 Å². The van der Waals surface area contributed by atoms with Gasteiger partial charge in [0.25, 0.3) is 0 Å². The highest BCUT2D eigenvalue weighted by Gasteiger charge is 2.12. The van der Waals surface area contributed by atoms with Crippen molar-refractivity contribution in [3.8, 4) is 0 Å². The fourth-order valence-electron chi connectivity index (χ4n) is 2.59. The number of para-hydroxylation sites is 1. The molecule has 0 amide bonds. The van der Waals surface area contributed by atoms with E-state index in [0.717, 1.165) is 26.3 Å². The lowest BCUT2D eigenvalue weighted by atomic mass is 10.1. The molecule has 1 aliphatic rings. The summed E-state index contributed by atoms with van der Waals surface area (Å²) >= 11 is 0. The number of benzene rings is 1. The molecule has 3 heteroatoms. The lowest BCUT2D eigenvalue weighted by Crippen LogP contribution is -2.29. The van der Waals surface area contributed by atoms with Crippen molar-refractivity contribution in [3.05, 3.63) is 29.8 Å². The van der Waals surface area contributed by atoms with Crippen LogP contribution < -0.4 is 5.32 Å². The van der Waals surface area contributed by atoms with E-state index in [4.69, 9.17) is 4.74 Å². The van der Waals surface area contributed by atoms with Crippen molar-refractivity contribution >= 4 is 5.69 Å². The maximum Gasteiger partial charge on any atom is 0.0638 e. The zero-order valence-corrected chi connectivity index (χ0v) is 12.0. The second kappa shape index (κ2) is 8.18. The SMILES string of the molecule is CCOCCNc1ccccc1CN1CCCCC1. The second-order valence-corrected chi connectivity index (χ2v) is 5.12. The van der Waals surface area contributed by atoms with E-state index < -0.39 is 0 Å². The van der Waals surface area contributed by atoms with Crippen molar-refractivity contribution in [2.75, 3.05) is 38.2 Å². The smallest absolute Gasteiger partial charge is 0.0638 e. The predicted molar refractivity (Wildman–Crippen MR) is 80.6 cm³/mol. The topological polar surface area (TPSA) is 24.5 Å². The molecule has 0 atom stereocenters. The molecule has 3 nitrogen and oxygen atoms in total.